The first-order valence-corrected chi connectivity index (χ1v) is 8.58. The van der Waals surface area contributed by atoms with E-state index in [4.69, 9.17) is 5.73 Å². The average Bonchev–Trinajstić information content (AvgIpc) is 2.87. The maximum absolute atomic E-state index is 12.3. The topological polar surface area (TPSA) is 71.2 Å². The van der Waals surface area contributed by atoms with Gasteiger partial charge in [-0.05, 0) is 31.6 Å². The molecule has 3 N–H and O–H groups in total. The van der Waals surface area contributed by atoms with Crippen molar-refractivity contribution in [3.8, 4) is 0 Å². The van der Waals surface area contributed by atoms with E-state index in [1.165, 1.54) is 37.0 Å². The van der Waals surface area contributed by atoms with Gasteiger partial charge in [0.25, 0.3) is 5.91 Å². The zero-order chi connectivity index (χ0) is 15.4. The molecule has 21 heavy (non-hydrogen) atoms. The lowest BCUT2D eigenvalue weighted by Gasteiger charge is -2.26. The molecule has 1 saturated carbocycles. The number of nitrogens with zero attached hydrogens (tertiary/aromatic N) is 2. The molecule has 1 amide bonds. The fraction of sp³-hybridized carbons (Fsp3) is 0.733. The summed E-state index contributed by atoms with van der Waals surface area (Å²) in [4.78, 5) is 19.0. The summed E-state index contributed by atoms with van der Waals surface area (Å²) in [6.45, 7) is 5.94. The van der Waals surface area contributed by atoms with Crippen molar-refractivity contribution in [3.05, 3.63) is 4.88 Å². The van der Waals surface area contributed by atoms with Crippen molar-refractivity contribution in [2.24, 2.45) is 11.8 Å². The van der Waals surface area contributed by atoms with Gasteiger partial charge in [-0.25, -0.2) is 4.98 Å². The Bertz CT molecular complexity index is 480. The number of nitrogens with one attached hydrogen (secondary N) is 1. The fourth-order valence-electron chi connectivity index (χ4n) is 2.63. The van der Waals surface area contributed by atoms with Gasteiger partial charge in [0.05, 0.1) is 0 Å². The molecule has 0 spiro atoms. The molecule has 1 aromatic heterocycles. The minimum absolute atomic E-state index is 0.0839. The van der Waals surface area contributed by atoms with E-state index in [1.807, 2.05) is 18.9 Å². The first-order chi connectivity index (χ1) is 10.0. The number of nitrogen functional groups attached to an aromatic ring is 1. The summed E-state index contributed by atoms with van der Waals surface area (Å²) in [5, 5.41) is 3.83. The van der Waals surface area contributed by atoms with Crippen LogP contribution in [-0.2, 0) is 0 Å². The van der Waals surface area contributed by atoms with Gasteiger partial charge in [-0.1, -0.05) is 31.1 Å². The van der Waals surface area contributed by atoms with Crippen molar-refractivity contribution in [3.63, 3.8) is 0 Å². The van der Waals surface area contributed by atoms with Gasteiger partial charge >= 0.3 is 0 Å². The third-order valence-corrected chi connectivity index (χ3v) is 5.52. The summed E-state index contributed by atoms with van der Waals surface area (Å²) >= 11 is 1.37. The quantitative estimate of drug-likeness (QED) is 0.877. The Labute approximate surface area is 130 Å². The van der Waals surface area contributed by atoms with Crippen LogP contribution in [0.25, 0.3) is 0 Å². The molecule has 0 saturated heterocycles. The normalized spacial score (nSPS) is 22.0. The van der Waals surface area contributed by atoms with Gasteiger partial charge in [0.15, 0.2) is 5.13 Å². The Morgan fingerprint density at radius 2 is 2.10 bits per heavy atom. The summed E-state index contributed by atoms with van der Waals surface area (Å²) < 4.78 is 0. The molecule has 6 heteroatoms. The molecule has 1 aromatic rings. The number of nitrogens with two attached hydrogens (primary N) is 1. The van der Waals surface area contributed by atoms with Gasteiger partial charge < -0.3 is 16.0 Å². The van der Waals surface area contributed by atoms with E-state index in [-0.39, 0.29) is 5.91 Å². The van der Waals surface area contributed by atoms with Crippen molar-refractivity contribution in [1.82, 2.24) is 10.3 Å². The zero-order valence-electron chi connectivity index (χ0n) is 13.2. The van der Waals surface area contributed by atoms with E-state index in [0.29, 0.717) is 16.6 Å². The smallest absolute Gasteiger partial charge is 0.265 e. The number of hydrogen-bond donors (Lipinski definition) is 2. The van der Waals surface area contributed by atoms with Gasteiger partial charge in [-0.15, -0.1) is 0 Å². The predicted molar refractivity (Wildman–Crippen MR) is 88.9 cm³/mol. The monoisotopic (exact) mass is 310 g/mol. The minimum atomic E-state index is -0.0839. The van der Waals surface area contributed by atoms with Crippen molar-refractivity contribution in [2.75, 3.05) is 30.8 Å². The van der Waals surface area contributed by atoms with Crippen LogP contribution in [0.3, 0.4) is 0 Å². The van der Waals surface area contributed by atoms with Crippen molar-refractivity contribution >= 4 is 28.2 Å². The molecule has 5 nitrogen and oxygen atoms in total. The molecule has 2 rings (SSSR count). The molecule has 118 valence electrons. The lowest BCUT2D eigenvalue weighted by Crippen LogP contribution is -2.31. The molecule has 0 bridgehead atoms. The molecule has 1 fully saturated rings. The fourth-order valence-corrected chi connectivity index (χ4v) is 3.56. The zero-order valence-corrected chi connectivity index (χ0v) is 14.0. The third kappa shape index (κ3) is 4.09. The predicted octanol–water partition coefficient (Wildman–Crippen LogP) is 2.74. The molecule has 1 heterocycles. The molecule has 0 aliphatic heterocycles. The standard InChI is InChI=1S/C15H26N4OS/c1-4-19(3)15-18-13(16)12(21-15)14(20)17-9-11-7-5-10(2)6-8-11/h10-11H,4-9,16H2,1-3H3,(H,17,20). The van der Waals surface area contributed by atoms with Gasteiger partial charge in [0.2, 0.25) is 0 Å². The van der Waals surface area contributed by atoms with Gasteiger partial charge in [-0.2, -0.15) is 0 Å². The van der Waals surface area contributed by atoms with Crippen LogP contribution in [0.15, 0.2) is 0 Å². The van der Waals surface area contributed by atoms with Crippen LogP contribution in [-0.4, -0.2) is 31.0 Å². The Kier molecular flexibility index (Phi) is 5.45. The van der Waals surface area contributed by atoms with Gasteiger partial charge in [0.1, 0.15) is 10.7 Å². The summed E-state index contributed by atoms with van der Waals surface area (Å²) in [6, 6.07) is 0. The summed E-state index contributed by atoms with van der Waals surface area (Å²) in [5.41, 5.74) is 5.87. The molecule has 0 atom stereocenters. The highest BCUT2D eigenvalue weighted by Gasteiger charge is 2.21. The van der Waals surface area contributed by atoms with Crippen LogP contribution in [0.4, 0.5) is 10.9 Å². The summed E-state index contributed by atoms with van der Waals surface area (Å²) in [7, 11) is 1.95. The molecule has 1 aliphatic carbocycles. The van der Waals surface area contributed by atoms with Gasteiger partial charge in [-0.3, -0.25) is 4.79 Å². The van der Waals surface area contributed by atoms with Crippen LogP contribution in [0.1, 0.15) is 49.2 Å². The Morgan fingerprint density at radius 3 is 2.71 bits per heavy atom. The van der Waals surface area contributed by atoms with Crippen LogP contribution in [0.5, 0.6) is 0 Å². The van der Waals surface area contributed by atoms with Crippen LogP contribution >= 0.6 is 11.3 Å². The van der Waals surface area contributed by atoms with E-state index in [0.717, 1.165) is 24.1 Å². The van der Waals surface area contributed by atoms with Crippen LogP contribution in [0, 0.1) is 11.8 Å². The van der Waals surface area contributed by atoms with E-state index in [1.54, 1.807) is 0 Å². The van der Waals surface area contributed by atoms with Crippen molar-refractivity contribution < 1.29 is 4.79 Å². The number of anilines is 2. The third-order valence-electron chi connectivity index (χ3n) is 4.34. The van der Waals surface area contributed by atoms with Gasteiger partial charge in [0, 0.05) is 20.1 Å². The molecular formula is C15H26N4OS. The maximum atomic E-state index is 12.3. The second-order valence-corrected chi connectivity index (χ2v) is 7.04. The number of thiazole rings is 1. The maximum Gasteiger partial charge on any atom is 0.265 e. The largest absolute Gasteiger partial charge is 0.382 e. The second-order valence-electron chi connectivity index (χ2n) is 6.06. The first-order valence-electron chi connectivity index (χ1n) is 7.76. The van der Waals surface area contributed by atoms with E-state index in [9.17, 15) is 4.79 Å². The Morgan fingerprint density at radius 1 is 1.43 bits per heavy atom. The minimum Gasteiger partial charge on any atom is -0.382 e. The second kappa shape index (κ2) is 7.11. The lowest BCUT2D eigenvalue weighted by molar-refractivity contribution is 0.0946. The molecular weight excluding hydrogens is 284 g/mol. The Hall–Kier alpha value is -1.30. The lowest BCUT2D eigenvalue weighted by atomic mass is 9.83. The van der Waals surface area contributed by atoms with Crippen molar-refractivity contribution in [1.29, 1.82) is 0 Å². The highest BCUT2D eigenvalue weighted by atomic mass is 32.1. The molecule has 0 unspecified atom stereocenters. The average molecular weight is 310 g/mol. The molecule has 0 aromatic carbocycles. The highest BCUT2D eigenvalue weighted by Crippen LogP contribution is 2.29. The Balaban J connectivity index is 1.90. The number of carbonyl (C=O) groups is 1. The number of rotatable bonds is 5. The molecule has 1 aliphatic rings. The van der Waals surface area contributed by atoms with E-state index >= 15 is 0 Å². The van der Waals surface area contributed by atoms with Crippen LogP contribution < -0.4 is 16.0 Å². The van der Waals surface area contributed by atoms with Crippen molar-refractivity contribution in [2.45, 2.75) is 39.5 Å². The number of carbonyl (C=O) groups excluding carboxylic acids is 1. The highest BCUT2D eigenvalue weighted by molar-refractivity contribution is 7.18. The van der Waals surface area contributed by atoms with Crippen LogP contribution in [0.2, 0.25) is 0 Å². The number of aromatic nitrogens is 1. The number of amides is 1. The molecule has 0 radical (unpaired) electrons. The summed E-state index contributed by atoms with van der Waals surface area (Å²) in [5.74, 6) is 1.70. The number of hydrogen-bond acceptors (Lipinski definition) is 5. The summed E-state index contributed by atoms with van der Waals surface area (Å²) in [6.07, 6.45) is 4.97. The van der Waals surface area contributed by atoms with E-state index < -0.39 is 0 Å². The van der Waals surface area contributed by atoms with E-state index in [2.05, 4.69) is 17.2 Å². The first kappa shape index (κ1) is 16.1. The SMILES string of the molecule is CCN(C)c1nc(N)c(C(=O)NCC2CCC(C)CC2)s1.